The van der Waals surface area contributed by atoms with Crippen molar-refractivity contribution in [2.24, 2.45) is 0 Å². The van der Waals surface area contributed by atoms with Crippen molar-refractivity contribution in [3.8, 4) is 17.2 Å². The van der Waals surface area contributed by atoms with E-state index in [9.17, 15) is 9.59 Å². The molecule has 3 rings (SSSR count). The Morgan fingerprint density at radius 1 is 0.903 bits per heavy atom. The topological polar surface area (TPSA) is 82.1 Å². The molecule has 0 radical (unpaired) electrons. The van der Waals surface area contributed by atoms with Gasteiger partial charge in [0.2, 0.25) is 0 Å². The molecule has 0 atom stereocenters. The zero-order chi connectivity index (χ0) is 22.1. The van der Waals surface area contributed by atoms with E-state index in [1.165, 1.54) is 6.08 Å². The molecule has 0 amide bonds. The van der Waals surface area contributed by atoms with E-state index in [4.69, 9.17) is 19.3 Å². The Hall–Kier alpha value is -4.06. The second kappa shape index (κ2) is 10.6. The minimum Gasteiger partial charge on any atom is -0.493 e. The van der Waals surface area contributed by atoms with Crippen LogP contribution in [0.1, 0.15) is 21.5 Å². The average molecular weight is 418 g/mol. The van der Waals surface area contributed by atoms with Crippen molar-refractivity contribution >= 4 is 17.8 Å². The van der Waals surface area contributed by atoms with Gasteiger partial charge < -0.3 is 19.3 Å². The number of ketones is 1. The lowest BCUT2D eigenvalue weighted by molar-refractivity contribution is -0.139. The number of carbonyl (C=O) groups excluding carboxylic acids is 1. The number of rotatable bonds is 10. The Balaban J connectivity index is 1.63. The van der Waals surface area contributed by atoms with Crippen LogP contribution in [0.25, 0.3) is 6.08 Å². The van der Waals surface area contributed by atoms with E-state index in [0.29, 0.717) is 29.4 Å². The van der Waals surface area contributed by atoms with Gasteiger partial charge in [0.1, 0.15) is 12.4 Å². The summed E-state index contributed by atoms with van der Waals surface area (Å²) in [7, 11) is 1.57. The van der Waals surface area contributed by atoms with Gasteiger partial charge in [-0.05, 0) is 53.6 Å². The highest BCUT2D eigenvalue weighted by Crippen LogP contribution is 2.29. The summed E-state index contributed by atoms with van der Waals surface area (Å²) in [5.41, 5.74) is 2.31. The molecule has 0 unspecified atom stereocenters. The SMILES string of the molecule is COc1cc(/C=C/C(=O)c2ccc(OCC(=O)O)cc2)ccc1OCc1ccccc1. The maximum absolute atomic E-state index is 12.4. The number of methoxy groups -OCH3 is 1. The first-order valence-corrected chi connectivity index (χ1v) is 9.57. The molecular formula is C25H22O6. The van der Waals surface area contributed by atoms with Gasteiger partial charge in [0.25, 0.3) is 0 Å². The molecule has 3 aromatic carbocycles. The molecule has 1 N–H and O–H groups in total. The number of hydrogen-bond donors (Lipinski definition) is 1. The second-order valence-electron chi connectivity index (χ2n) is 6.59. The third-order valence-corrected chi connectivity index (χ3v) is 4.35. The summed E-state index contributed by atoms with van der Waals surface area (Å²) in [6, 6.07) is 21.6. The van der Waals surface area contributed by atoms with Gasteiger partial charge in [-0.2, -0.15) is 0 Å². The fraction of sp³-hybridized carbons (Fsp3) is 0.120. The number of carbonyl (C=O) groups is 2. The molecular weight excluding hydrogens is 396 g/mol. The Morgan fingerprint density at radius 3 is 2.32 bits per heavy atom. The van der Waals surface area contributed by atoms with Crippen LogP contribution in [0.3, 0.4) is 0 Å². The highest BCUT2D eigenvalue weighted by Gasteiger charge is 2.07. The lowest BCUT2D eigenvalue weighted by Crippen LogP contribution is -2.09. The lowest BCUT2D eigenvalue weighted by atomic mass is 10.1. The van der Waals surface area contributed by atoms with Gasteiger partial charge in [-0.15, -0.1) is 0 Å². The Bertz CT molecular complexity index is 1060. The smallest absolute Gasteiger partial charge is 0.341 e. The van der Waals surface area contributed by atoms with Crippen molar-refractivity contribution in [2.75, 3.05) is 13.7 Å². The molecule has 0 aliphatic heterocycles. The fourth-order valence-electron chi connectivity index (χ4n) is 2.77. The largest absolute Gasteiger partial charge is 0.493 e. The van der Waals surface area contributed by atoms with Crippen LogP contribution in [-0.4, -0.2) is 30.6 Å². The molecule has 31 heavy (non-hydrogen) atoms. The summed E-state index contributed by atoms with van der Waals surface area (Å²) in [6.07, 6.45) is 3.16. The van der Waals surface area contributed by atoms with Gasteiger partial charge in [0, 0.05) is 5.56 Å². The number of carboxylic acid groups (broad SMARTS) is 1. The summed E-state index contributed by atoms with van der Waals surface area (Å²) in [5.74, 6) is 0.333. The van der Waals surface area contributed by atoms with Crippen LogP contribution in [0.4, 0.5) is 0 Å². The molecule has 158 valence electrons. The molecule has 0 saturated carbocycles. The lowest BCUT2D eigenvalue weighted by Gasteiger charge is -2.11. The van der Waals surface area contributed by atoms with Crippen molar-refractivity contribution in [1.82, 2.24) is 0 Å². The summed E-state index contributed by atoms with van der Waals surface area (Å²) in [4.78, 5) is 22.9. The van der Waals surface area contributed by atoms with Crippen LogP contribution in [0.5, 0.6) is 17.2 Å². The maximum Gasteiger partial charge on any atom is 0.341 e. The van der Waals surface area contributed by atoms with Crippen LogP contribution >= 0.6 is 0 Å². The first-order valence-electron chi connectivity index (χ1n) is 9.57. The molecule has 0 fully saturated rings. The van der Waals surface area contributed by atoms with Crippen LogP contribution in [0.15, 0.2) is 78.9 Å². The molecule has 0 aliphatic rings. The predicted octanol–water partition coefficient (Wildman–Crippen LogP) is 4.63. The highest BCUT2D eigenvalue weighted by atomic mass is 16.5. The van der Waals surface area contributed by atoms with E-state index in [1.807, 2.05) is 36.4 Å². The molecule has 6 heteroatoms. The molecule has 0 saturated heterocycles. The van der Waals surface area contributed by atoms with Gasteiger partial charge in [-0.1, -0.05) is 42.5 Å². The first kappa shape index (κ1) is 21.6. The number of carboxylic acids is 1. The van der Waals surface area contributed by atoms with E-state index in [-0.39, 0.29) is 5.78 Å². The normalized spacial score (nSPS) is 10.6. The number of benzene rings is 3. The van der Waals surface area contributed by atoms with Crippen LogP contribution < -0.4 is 14.2 Å². The number of allylic oxidation sites excluding steroid dienone is 1. The van der Waals surface area contributed by atoms with Crippen LogP contribution in [-0.2, 0) is 11.4 Å². The Labute approximate surface area is 180 Å². The van der Waals surface area contributed by atoms with E-state index in [1.54, 1.807) is 49.6 Å². The quantitative estimate of drug-likeness (QED) is 0.382. The minimum atomic E-state index is -1.06. The maximum atomic E-state index is 12.4. The minimum absolute atomic E-state index is 0.187. The van der Waals surface area contributed by atoms with E-state index < -0.39 is 12.6 Å². The second-order valence-corrected chi connectivity index (χ2v) is 6.59. The standard InChI is InChI=1S/C25H22O6/c1-29-24-15-18(8-14-23(24)31-16-19-5-3-2-4-6-19)7-13-22(26)20-9-11-21(12-10-20)30-17-25(27)28/h2-15H,16-17H2,1H3,(H,27,28)/b13-7+. The molecule has 0 heterocycles. The molecule has 0 aliphatic carbocycles. The van der Waals surface area contributed by atoms with Gasteiger partial charge in [-0.3, -0.25) is 4.79 Å². The average Bonchev–Trinajstić information content (AvgIpc) is 2.81. The molecule has 0 bridgehead atoms. The van der Waals surface area contributed by atoms with Crippen molar-refractivity contribution in [3.05, 3.63) is 95.6 Å². The summed E-state index contributed by atoms with van der Waals surface area (Å²) >= 11 is 0. The molecule has 3 aromatic rings. The zero-order valence-electron chi connectivity index (χ0n) is 17.0. The Morgan fingerprint density at radius 2 is 1.65 bits per heavy atom. The third kappa shape index (κ3) is 6.47. The first-order chi connectivity index (χ1) is 15.0. The van der Waals surface area contributed by atoms with Crippen molar-refractivity contribution in [1.29, 1.82) is 0 Å². The Kier molecular flexibility index (Phi) is 7.43. The van der Waals surface area contributed by atoms with E-state index in [0.717, 1.165) is 11.1 Å². The molecule has 0 spiro atoms. The third-order valence-electron chi connectivity index (χ3n) is 4.35. The van der Waals surface area contributed by atoms with Gasteiger partial charge in [0.05, 0.1) is 7.11 Å². The van der Waals surface area contributed by atoms with E-state index >= 15 is 0 Å². The number of ether oxygens (including phenoxy) is 3. The zero-order valence-corrected chi connectivity index (χ0v) is 17.0. The molecule has 6 nitrogen and oxygen atoms in total. The summed E-state index contributed by atoms with van der Waals surface area (Å²) in [5, 5.41) is 8.63. The van der Waals surface area contributed by atoms with Crippen molar-refractivity contribution < 1.29 is 28.9 Å². The monoisotopic (exact) mass is 418 g/mol. The number of hydrogen-bond acceptors (Lipinski definition) is 5. The fourth-order valence-corrected chi connectivity index (χ4v) is 2.77. The summed E-state index contributed by atoms with van der Waals surface area (Å²) in [6.45, 7) is -0.00284. The summed E-state index contributed by atoms with van der Waals surface area (Å²) < 4.78 is 16.3. The van der Waals surface area contributed by atoms with Crippen molar-refractivity contribution in [2.45, 2.75) is 6.61 Å². The van der Waals surface area contributed by atoms with E-state index in [2.05, 4.69) is 0 Å². The van der Waals surface area contributed by atoms with Gasteiger partial charge in [-0.25, -0.2) is 4.79 Å². The van der Waals surface area contributed by atoms with Crippen LogP contribution in [0.2, 0.25) is 0 Å². The van der Waals surface area contributed by atoms with Crippen LogP contribution in [0, 0.1) is 0 Å². The van der Waals surface area contributed by atoms with Crippen molar-refractivity contribution in [3.63, 3.8) is 0 Å². The predicted molar refractivity (Wildman–Crippen MR) is 117 cm³/mol. The van der Waals surface area contributed by atoms with Gasteiger partial charge >= 0.3 is 5.97 Å². The molecule has 0 aromatic heterocycles. The number of aliphatic carboxylic acids is 1. The highest BCUT2D eigenvalue weighted by molar-refractivity contribution is 6.06. The van der Waals surface area contributed by atoms with Gasteiger partial charge in [0.15, 0.2) is 23.9 Å².